The lowest BCUT2D eigenvalue weighted by atomic mass is 9.92. The van der Waals surface area contributed by atoms with Gasteiger partial charge in [-0.3, -0.25) is 20.4 Å². The van der Waals surface area contributed by atoms with Gasteiger partial charge in [-0.15, -0.1) is 0 Å². The molecule has 8 heteroatoms. The first-order valence-electron chi connectivity index (χ1n) is 10.2. The monoisotopic (exact) mass is 441 g/mol. The highest BCUT2D eigenvalue weighted by Gasteiger charge is 2.37. The average molecular weight is 442 g/mol. The van der Waals surface area contributed by atoms with E-state index in [0.29, 0.717) is 5.75 Å². The lowest BCUT2D eigenvalue weighted by Gasteiger charge is -2.31. The number of hydrazine groups is 1. The number of carbonyl (C=O) groups is 3. The van der Waals surface area contributed by atoms with E-state index in [1.54, 1.807) is 39.8 Å². The van der Waals surface area contributed by atoms with Gasteiger partial charge in [-0.2, -0.15) is 0 Å². The molecule has 32 heavy (non-hydrogen) atoms. The molecule has 0 spiro atoms. The minimum atomic E-state index is -1.40. The zero-order valence-electron chi connectivity index (χ0n) is 19.4. The lowest BCUT2D eigenvalue weighted by molar-refractivity contribution is -0.127. The van der Waals surface area contributed by atoms with Crippen LogP contribution >= 0.6 is 0 Å². The Morgan fingerprint density at radius 2 is 1.59 bits per heavy atom. The van der Waals surface area contributed by atoms with Gasteiger partial charge in [-0.1, -0.05) is 42.0 Å². The topological polar surface area (TPSA) is 106 Å². The molecule has 2 aromatic rings. The van der Waals surface area contributed by atoms with E-state index in [9.17, 15) is 14.4 Å². The summed E-state index contributed by atoms with van der Waals surface area (Å²) in [5, 5.41) is 2.64. The van der Waals surface area contributed by atoms with Crippen LogP contribution in [0, 0.1) is 6.92 Å². The molecule has 8 nitrogen and oxygen atoms in total. The SMILES string of the molecule is COc1ccc(C)cc1C(=O)NNC(=O)C(C)(Cc1ccccc1)NC(=O)OC(C)(C)C. The number of benzene rings is 2. The Morgan fingerprint density at radius 1 is 0.938 bits per heavy atom. The maximum atomic E-state index is 13.1. The molecule has 0 heterocycles. The van der Waals surface area contributed by atoms with E-state index in [1.807, 2.05) is 43.3 Å². The van der Waals surface area contributed by atoms with Crippen LogP contribution in [-0.2, 0) is 16.0 Å². The molecule has 0 radical (unpaired) electrons. The highest BCUT2D eigenvalue weighted by Crippen LogP contribution is 2.20. The summed E-state index contributed by atoms with van der Waals surface area (Å²) in [5.41, 5.74) is 4.66. The van der Waals surface area contributed by atoms with Gasteiger partial charge in [0.2, 0.25) is 0 Å². The van der Waals surface area contributed by atoms with Crippen LogP contribution in [0.5, 0.6) is 5.75 Å². The molecule has 0 saturated carbocycles. The van der Waals surface area contributed by atoms with E-state index in [2.05, 4.69) is 16.2 Å². The van der Waals surface area contributed by atoms with Crippen LogP contribution in [0.15, 0.2) is 48.5 Å². The van der Waals surface area contributed by atoms with Crippen molar-refractivity contribution in [3.63, 3.8) is 0 Å². The van der Waals surface area contributed by atoms with E-state index in [1.165, 1.54) is 7.11 Å². The largest absolute Gasteiger partial charge is 0.496 e. The quantitative estimate of drug-likeness (QED) is 0.597. The van der Waals surface area contributed by atoms with Crippen LogP contribution in [0.2, 0.25) is 0 Å². The first-order valence-corrected chi connectivity index (χ1v) is 10.2. The van der Waals surface area contributed by atoms with Gasteiger partial charge < -0.3 is 14.8 Å². The third kappa shape index (κ3) is 7.01. The molecule has 1 atom stereocenters. The zero-order chi connectivity index (χ0) is 23.9. The van der Waals surface area contributed by atoms with Crippen molar-refractivity contribution in [3.8, 4) is 5.75 Å². The van der Waals surface area contributed by atoms with Gasteiger partial charge in [0, 0.05) is 6.42 Å². The summed E-state index contributed by atoms with van der Waals surface area (Å²) in [5.74, 6) is -0.772. The highest BCUT2D eigenvalue weighted by atomic mass is 16.6. The number of rotatable bonds is 6. The molecule has 0 aliphatic heterocycles. The van der Waals surface area contributed by atoms with Gasteiger partial charge in [0.05, 0.1) is 12.7 Å². The fourth-order valence-corrected chi connectivity index (χ4v) is 3.03. The van der Waals surface area contributed by atoms with Crippen LogP contribution in [0.25, 0.3) is 0 Å². The molecule has 1 unspecified atom stereocenters. The number of hydrogen-bond donors (Lipinski definition) is 3. The Kier molecular flexibility index (Phi) is 7.86. The van der Waals surface area contributed by atoms with Crippen molar-refractivity contribution in [1.29, 1.82) is 0 Å². The number of alkyl carbamates (subject to hydrolysis) is 1. The maximum Gasteiger partial charge on any atom is 0.408 e. The minimum Gasteiger partial charge on any atom is -0.496 e. The van der Waals surface area contributed by atoms with Gasteiger partial charge in [0.1, 0.15) is 16.9 Å². The van der Waals surface area contributed by atoms with Gasteiger partial charge in [-0.25, -0.2) is 4.79 Å². The number of aryl methyl sites for hydroxylation is 1. The smallest absolute Gasteiger partial charge is 0.408 e. The van der Waals surface area contributed by atoms with E-state index in [0.717, 1.165) is 11.1 Å². The molecule has 0 saturated heterocycles. The normalized spacial score (nSPS) is 12.8. The summed E-state index contributed by atoms with van der Waals surface area (Å²) < 4.78 is 10.6. The number of methoxy groups -OCH3 is 1. The van der Waals surface area contributed by atoms with Crippen molar-refractivity contribution in [3.05, 3.63) is 65.2 Å². The molecule has 0 aliphatic carbocycles. The Hall–Kier alpha value is -3.55. The van der Waals surface area contributed by atoms with Gasteiger partial charge in [0.25, 0.3) is 11.8 Å². The number of ether oxygens (including phenoxy) is 2. The van der Waals surface area contributed by atoms with Gasteiger partial charge >= 0.3 is 6.09 Å². The number of amides is 3. The van der Waals surface area contributed by atoms with Gasteiger partial charge in [0.15, 0.2) is 0 Å². The third-order valence-electron chi connectivity index (χ3n) is 4.57. The molecular formula is C24H31N3O5. The van der Waals surface area contributed by atoms with E-state index in [4.69, 9.17) is 9.47 Å². The summed E-state index contributed by atoms with van der Waals surface area (Å²) in [6, 6.07) is 14.4. The fraction of sp³-hybridized carbons (Fsp3) is 0.375. The average Bonchev–Trinajstić information content (AvgIpc) is 2.70. The highest BCUT2D eigenvalue weighted by molar-refractivity contribution is 5.99. The Bertz CT molecular complexity index is 969. The molecule has 0 fully saturated rings. The zero-order valence-corrected chi connectivity index (χ0v) is 19.4. The second kappa shape index (κ2) is 10.2. The molecule has 3 N–H and O–H groups in total. The molecule has 0 bridgehead atoms. The molecule has 2 aromatic carbocycles. The fourth-order valence-electron chi connectivity index (χ4n) is 3.03. The Balaban J connectivity index is 2.19. The Morgan fingerprint density at radius 3 is 2.19 bits per heavy atom. The molecule has 0 aromatic heterocycles. The summed E-state index contributed by atoms with van der Waals surface area (Å²) in [7, 11) is 1.46. The summed E-state index contributed by atoms with van der Waals surface area (Å²) >= 11 is 0. The van der Waals surface area contributed by atoms with E-state index < -0.39 is 29.0 Å². The molecule has 3 amide bonds. The van der Waals surface area contributed by atoms with E-state index in [-0.39, 0.29) is 12.0 Å². The molecular weight excluding hydrogens is 410 g/mol. The predicted octanol–water partition coefficient (Wildman–Crippen LogP) is 3.29. The van der Waals surface area contributed by atoms with Crippen LogP contribution in [0.1, 0.15) is 49.2 Å². The predicted molar refractivity (Wildman–Crippen MR) is 121 cm³/mol. The maximum absolute atomic E-state index is 13.1. The molecule has 172 valence electrons. The minimum absolute atomic E-state index is 0.183. The van der Waals surface area contributed by atoms with Gasteiger partial charge in [-0.05, 0) is 52.3 Å². The lowest BCUT2D eigenvalue weighted by Crippen LogP contribution is -2.61. The number of hydrogen-bond acceptors (Lipinski definition) is 5. The number of nitrogens with one attached hydrogen (secondary N) is 3. The van der Waals surface area contributed by atoms with Crippen molar-refractivity contribution >= 4 is 17.9 Å². The van der Waals surface area contributed by atoms with E-state index >= 15 is 0 Å². The van der Waals surface area contributed by atoms with Crippen molar-refractivity contribution in [2.24, 2.45) is 0 Å². The molecule has 2 rings (SSSR count). The first kappa shape index (κ1) is 24.7. The van der Waals surface area contributed by atoms with Crippen molar-refractivity contribution in [2.45, 2.75) is 52.2 Å². The first-order chi connectivity index (χ1) is 14.9. The van der Waals surface area contributed by atoms with Crippen LogP contribution in [-0.4, -0.2) is 36.2 Å². The van der Waals surface area contributed by atoms with Crippen LogP contribution < -0.4 is 20.9 Å². The Labute approximate surface area is 188 Å². The second-order valence-corrected chi connectivity index (χ2v) is 8.73. The van der Waals surface area contributed by atoms with Crippen LogP contribution in [0.3, 0.4) is 0 Å². The van der Waals surface area contributed by atoms with Crippen LogP contribution in [0.4, 0.5) is 4.79 Å². The molecule has 0 aliphatic rings. The summed E-state index contributed by atoms with van der Waals surface area (Å²) in [4.78, 5) is 38.2. The van der Waals surface area contributed by atoms with Crippen molar-refractivity contribution in [2.75, 3.05) is 7.11 Å². The van der Waals surface area contributed by atoms with Crippen molar-refractivity contribution in [1.82, 2.24) is 16.2 Å². The summed E-state index contributed by atoms with van der Waals surface area (Å²) in [6.45, 7) is 8.61. The standard InChI is InChI=1S/C24H31N3O5/c1-16-12-13-19(31-6)18(14-16)20(28)26-27-21(29)24(5,15-17-10-8-7-9-11-17)25-22(30)32-23(2,3)4/h7-14H,15H2,1-6H3,(H,25,30)(H,26,28)(H,27,29). The summed E-state index contributed by atoms with van der Waals surface area (Å²) in [6.07, 6.45) is -0.555. The second-order valence-electron chi connectivity index (χ2n) is 8.73. The van der Waals surface area contributed by atoms with Crippen molar-refractivity contribution < 1.29 is 23.9 Å². The third-order valence-corrected chi connectivity index (χ3v) is 4.57. The number of carbonyl (C=O) groups excluding carboxylic acids is 3.